The molecular weight excluding hydrogens is 328 g/mol. The van der Waals surface area contributed by atoms with Gasteiger partial charge in [0.05, 0.1) is 18.2 Å². The number of piperidine rings is 1. The lowest BCUT2D eigenvalue weighted by Crippen LogP contribution is -2.50. The van der Waals surface area contributed by atoms with Gasteiger partial charge >= 0.3 is 0 Å². The molecule has 4 rings (SSSR count). The van der Waals surface area contributed by atoms with Gasteiger partial charge in [0.25, 0.3) is 5.91 Å². The molecule has 0 unspecified atom stereocenters. The summed E-state index contributed by atoms with van der Waals surface area (Å²) in [6.45, 7) is 0.935. The van der Waals surface area contributed by atoms with Crippen LogP contribution in [-0.4, -0.2) is 47.1 Å². The highest BCUT2D eigenvalue weighted by molar-refractivity contribution is 6.22. The number of hydrogen-bond acceptors (Lipinski definition) is 4. The number of rotatable bonds is 4. The fraction of sp³-hybridized carbons (Fsp3) is 0.429. The van der Waals surface area contributed by atoms with Crippen molar-refractivity contribution in [3.8, 4) is 0 Å². The van der Waals surface area contributed by atoms with E-state index < -0.39 is 6.04 Å². The number of likely N-dealkylation sites (tertiary alicyclic amines) is 1. The maximum atomic E-state index is 13.1. The summed E-state index contributed by atoms with van der Waals surface area (Å²) in [5.41, 5.74) is 0.650. The molecule has 0 aromatic heterocycles. The second-order valence-corrected chi connectivity index (χ2v) is 7.22. The molecule has 136 valence electrons. The number of amides is 2. The first-order chi connectivity index (χ1) is 12.7. The first-order valence-electron chi connectivity index (χ1n) is 9.41. The molecule has 0 bridgehead atoms. The van der Waals surface area contributed by atoms with Gasteiger partial charge in [0.15, 0.2) is 0 Å². The highest BCUT2D eigenvalue weighted by Crippen LogP contribution is 2.32. The molecule has 2 aliphatic rings. The second kappa shape index (κ2) is 7.17. The van der Waals surface area contributed by atoms with Gasteiger partial charge in [0, 0.05) is 12.6 Å². The number of nitrogens with zero attached hydrogens (tertiary/aromatic N) is 2. The Bertz CT molecular complexity index is 833. The molecule has 26 heavy (non-hydrogen) atoms. The molecule has 5 nitrogen and oxygen atoms in total. The van der Waals surface area contributed by atoms with Crippen LogP contribution >= 0.6 is 0 Å². The highest BCUT2D eigenvalue weighted by atomic mass is 16.3. The minimum Gasteiger partial charge on any atom is -0.396 e. The van der Waals surface area contributed by atoms with Crippen LogP contribution in [0.25, 0.3) is 10.8 Å². The summed E-state index contributed by atoms with van der Waals surface area (Å²) >= 11 is 0. The van der Waals surface area contributed by atoms with Gasteiger partial charge in [-0.1, -0.05) is 36.8 Å². The van der Waals surface area contributed by atoms with E-state index in [4.69, 9.17) is 0 Å². The summed E-state index contributed by atoms with van der Waals surface area (Å²) in [6.07, 6.45) is 4.02. The predicted molar refractivity (Wildman–Crippen MR) is 101 cm³/mol. The molecule has 2 aromatic carbocycles. The first-order valence-corrected chi connectivity index (χ1v) is 9.41. The molecule has 2 amide bonds. The molecule has 2 atom stereocenters. The molecule has 0 radical (unpaired) electrons. The number of aliphatic hydroxyl groups excluding tert-OH is 1. The minimum atomic E-state index is -0.397. The Hall–Kier alpha value is -2.24. The van der Waals surface area contributed by atoms with Crippen molar-refractivity contribution < 1.29 is 14.7 Å². The summed E-state index contributed by atoms with van der Waals surface area (Å²) in [4.78, 5) is 29.3. The van der Waals surface area contributed by atoms with Crippen LogP contribution in [0.5, 0.6) is 0 Å². The SMILES string of the molecule is O=C1C[C@@H](N2CCCC[C@H]2CCO)C(=O)N1c1ccc2ccccc2c1. The van der Waals surface area contributed by atoms with Gasteiger partial charge in [0.2, 0.25) is 5.91 Å². The fourth-order valence-electron chi connectivity index (χ4n) is 4.35. The number of carbonyl (C=O) groups is 2. The maximum absolute atomic E-state index is 13.1. The van der Waals surface area contributed by atoms with Crippen LogP contribution in [0.2, 0.25) is 0 Å². The van der Waals surface area contributed by atoms with Crippen molar-refractivity contribution in [3.63, 3.8) is 0 Å². The third-order valence-electron chi connectivity index (χ3n) is 5.65. The Morgan fingerprint density at radius 3 is 2.65 bits per heavy atom. The first kappa shape index (κ1) is 17.2. The smallest absolute Gasteiger partial charge is 0.251 e. The molecule has 5 heteroatoms. The number of hydrogen-bond donors (Lipinski definition) is 1. The molecule has 2 saturated heterocycles. The van der Waals surface area contributed by atoms with Gasteiger partial charge in [-0.05, 0) is 48.7 Å². The Morgan fingerprint density at radius 1 is 1.04 bits per heavy atom. The van der Waals surface area contributed by atoms with Gasteiger partial charge in [0.1, 0.15) is 0 Å². The van der Waals surface area contributed by atoms with Gasteiger partial charge in [-0.15, -0.1) is 0 Å². The second-order valence-electron chi connectivity index (χ2n) is 7.22. The van der Waals surface area contributed by atoms with E-state index in [1.54, 1.807) is 0 Å². The molecule has 2 aliphatic heterocycles. The van der Waals surface area contributed by atoms with Crippen molar-refractivity contribution in [2.24, 2.45) is 0 Å². The van der Waals surface area contributed by atoms with Crippen LogP contribution in [0, 0.1) is 0 Å². The van der Waals surface area contributed by atoms with E-state index in [0.29, 0.717) is 12.1 Å². The van der Waals surface area contributed by atoms with Crippen molar-refractivity contribution in [1.82, 2.24) is 4.90 Å². The van der Waals surface area contributed by atoms with Crippen molar-refractivity contribution in [1.29, 1.82) is 0 Å². The van der Waals surface area contributed by atoms with Crippen molar-refractivity contribution in [3.05, 3.63) is 42.5 Å². The molecular formula is C21H24N2O3. The number of imide groups is 1. The van der Waals surface area contributed by atoms with E-state index in [-0.39, 0.29) is 30.9 Å². The Morgan fingerprint density at radius 2 is 1.85 bits per heavy atom. The molecule has 0 spiro atoms. The summed E-state index contributed by atoms with van der Waals surface area (Å²) in [6, 6.07) is 13.4. The predicted octanol–water partition coefficient (Wildman–Crippen LogP) is 2.71. The molecule has 2 aromatic rings. The number of carbonyl (C=O) groups excluding carboxylic acids is 2. The van der Waals surface area contributed by atoms with Crippen molar-refractivity contribution in [2.45, 2.75) is 44.2 Å². The third-order valence-corrected chi connectivity index (χ3v) is 5.65. The monoisotopic (exact) mass is 352 g/mol. The molecule has 2 heterocycles. The topological polar surface area (TPSA) is 60.9 Å². The molecule has 0 saturated carbocycles. The average molecular weight is 352 g/mol. The van der Waals surface area contributed by atoms with Gasteiger partial charge < -0.3 is 5.11 Å². The molecule has 1 N–H and O–H groups in total. The maximum Gasteiger partial charge on any atom is 0.251 e. The summed E-state index contributed by atoms with van der Waals surface area (Å²) < 4.78 is 0. The zero-order chi connectivity index (χ0) is 18.1. The number of aliphatic hydroxyl groups is 1. The third kappa shape index (κ3) is 3.02. The van der Waals surface area contributed by atoms with E-state index in [1.165, 1.54) is 4.90 Å². The van der Waals surface area contributed by atoms with Crippen molar-refractivity contribution >= 4 is 28.3 Å². The lowest BCUT2D eigenvalue weighted by atomic mass is 9.97. The largest absolute Gasteiger partial charge is 0.396 e. The number of anilines is 1. The quantitative estimate of drug-likeness (QED) is 0.860. The number of benzene rings is 2. The highest BCUT2D eigenvalue weighted by Gasteiger charge is 2.44. The summed E-state index contributed by atoms with van der Waals surface area (Å²) in [5.74, 6) is -0.265. The standard InChI is InChI=1S/C21H24N2O3/c24-12-10-17-7-3-4-11-22(17)19-14-20(25)23(21(19)26)18-9-8-15-5-1-2-6-16(15)13-18/h1-2,5-6,8-9,13,17,19,24H,3-4,7,10-12,14H2/t17-,19+/m0/s1. The van der Waals surface area contributed by atoms with Crippen LogP contribution in [0.15, 0.2) is 42.5 Å². The van der Waals surface area contributed by atoms with Crippen LogP contribution < -0.4 is 4.90 Å². The normalized spacial score (nSPS) is 24.6. The van der Waals surface area contributed by atoms with E-state index in [1.807, 2.05) is 42.5 Å². The van der Waals surface area contributed by atoms with Crippen LogP contribution in [-0.2, 0) is 9.59 Å². The van der Waals surface area contributed by atoms with Crippen LogP contribution in [0.4, 0.5) is 5.69 Å². The Labute approximate surface area is 153 Å². The van der Waals surface area contributed by atoms with Gasteiger partial charge in [-0.3, -0.25) is 14.5 Å². The van der Waals surface area contributed by atoms with E-state index in [9.17, 15) is 14.7 Å². The van der Waals surface area contributed by atoms with E-state index in [0.717, 1.165) is 36.6 Å². The summed E-state index contributed by atoms with van der Waals surface area (Å²) in [7, 11) is 0. The van der Waals surface area contributed by atoms with Crippen LogP contribution in [0.3, 0.4) is 0 Å². The lowest BCUT2D eigenvalue weighted by molar-refractivity contribution is -0.123. The van der Waals surface area contributed by atoms with Gasteiger partial charge in [-0.25, -0.2) is 4.90 Å². The fourth-order valence-corrected chi connectivity index (χ4v) is 4.35. The van der Waals surface area contributed by atoms with Gasteiger partial charge in [-0.2, -0.15) is 0 Å². The average Bonchev–Trinajstić information content (AvgIpc) is 2.96. The summed E-state index contributed by atoms with van der Waals surface area (Å²) in [5, 5.41) is 11.4. The van der Waals surface area contributed by atoms with Crippen LogP contribution in [0.1, 0.15) is 32.1 Å². The van der Waals surface area contributed by atoms with E-state index >= 15 is 0 Å². The lowest BCUT2D eigenvalue weighted by Gasteiger charge is -2.38. The van der Waals surface area contributed by atoms with Crippen molar-refractivity contribution in [2.75, 3.05) is 18.1 Å². The molecule has 2 fully saturated rings. The molecule has 0 aliphatic carbocycles. The Kier molecular flexibility index (Phi) is 4.74. The number of fused-ring (bicyclic) bond motifs is 1. The minimum absolute atomic E-state index is 0.115. The van der Waals surface area contributed by atoms with E-state index in [2.05, 4.69) is 4.90 Å². The Balaban J connectivity index is 1.61. The zero-order valence-corrected chi connectivity index (χ0v) is 14.8. The zero-order valence-electron chi connectivity index (χ0n) is 14.8.